The number of alkyl halides is 3. The maximum atomic E-state index is 12.5. The molecule has 0 aliphatic carbocycles. The maximum absolute atomic E-state index is 12.5. The number of hydrogen-bond acceptors (Lipinski definition) is 3. The van der Waals surface area contributed by atoms with Crippen LogP contribution < -0.4 is 5.73 Å². The van der Waals surface area contributed by atoms with Crippen LogP contribution in [0.25, 0.3) is 0 Å². The van der Waals surface area contributed by atoms with Crippen LogP contribution in [-0.2, 0) is 0 Å². The van der Waals surface area contributed by atoms with Crippen molar-refractivity contribution in [2.24, 2.45) is 5.73 Å². The lowest BCUT2D eigenvalue weighted by Gasteiger charge is -2.35. The summed E-state index contributed by atoms with van der Waals surface area (Å²) in [6.45, 7) is 2.50. The first-order valence-corrected chi connectivity index (χ1v) is 4.37. The molecule has 0 spiro atoms. The molecule has 0 heterocycles. The van der Waals surface area contributed by atoms with Crippen LogP contribution in [0.5, 0.6) is 0 Å². The molecule has 14 heavy (non-hydrogen) atoms. The van der Waals surface area contributed by atoms with Gasteiger partial charge in [0.05, 0.1) is 6.61 Å². The van der Waals surface area contributed by atoms with E-state index >= 15 is 0 Å². The zero-order valence-corrected chi connectivity index (χ0v) is 8.54. The van der Waals surface area contributed by atoms with Crippen molar-refractivity contribution in [2.75, 3.05) is 13.7 Å². The molecule has 0 aliphatic heterocycles. The molecule has 86 valence electrons. The van der Waals surface area contributed by atoms with E-state index in [-0.39, 0.29) is 6.61 Å². The average Bonchev–Trinajstić information content (AvgIpc) is 1.99. The fraction of sp³-hybridized carbons (Fsp3) is 1.00. The van der Waals surface area contributed by atoms with Gasteiger partial charge in [-0.2, -0.15) is 13.2 Å². The Morgan fingerprint density at radius 1 is 1.36 bits per heavy atom. The van der Waals surface area contributed by atoms with Crippen LogP contribution in [0, 0.1) is 0 Å². The lowest BCUT2D eigenvalue weighted by molar-refractivity contribution is -0.190. The molecule has 0 aliphatic rings. The van der Waals surface area contributed by atoms with Gasteiger partial charge >= 0.3 is 6.18 Å². The van der Waals surface area contributed by atoms with Crippen LogP contribution in [0.1, 0.15) is 13.8 Å². The van der Waals surface area contributed by atoms with Crippen molar-refractivity contribution in [1.29, 1.82) is 0 Å². The van der Waals surface area contributed by atoms with Crippen molar-refractivity contribution in [2.45, 2.75) is 38.1 Å². The molecule has 0 amide bonds. The second-order valence-corrected chi connectivity index (χ2v) is 3.54. The van der Waals surface area contributed by atoms with E-state index in [0.717, 1.165) is 4.90 Å². The predicted molar refractivity (Wildman–Crippen MR) is 47.8 cm³/mol. The lowest BCUT2D eigenvalue weighted by atomic mass is 10.1. The highest BCUT2D eigenvalue weighted by Crippen LogP contribution is 2.26. The van der Waals surface area contributed by atoms with E-state index in [1.54, 1.807) is 0 Å². The molecule has 0 fully saturated rings. The van der Waals surface area contributed by atoms with Crippen molar-refractivity contribution in [3.05, 3.63) is 0 Å². The average molecular weight is 214 g/mol. The highest BCUT2D eigenvalue weighted by molar-refractivity contribution is 4.86. The minimum absolute atomic E-state index is 0.324. The Morgan fingerprint density at radius 2 is 1.79 bits per heavy atom. The van der Waals surface area contributed by atoms with Crippen molar-refractivity contribution >= 4 is 0 Å². The van der Waals surface area contributed by atoms with Crippen molar-refractivity contribution in [3.63, 3.8) is 0 Å². The number of nitrogens with two attached hydrogens (primary N) is 1. The molecule has 0 saturated carbocycles. The molecule has 0 saturated heterocycles. The van der Waals surface area contributed by atoms with E-state index < -0.39 is 24.3 Å². The van der Waals surface area contributed by atoms with E-state index in [4.69, 9.17) is 10.8 Å². The van der Waals surface area contributed by atoms with Crippen LogP contribution in [0.3, 0.4) is 0 Å². The zero-order chi connectivity index (χ0) is 11.5. The van der Waals surface area contributed by atoms with Gasteiger partial charge in [-0.15, -0.1) is 0 Å². The van der Waals surface area contributed by atoms with Crippen molar-refractivity contribution in [1.82, 2.24) is 4.90 Å². The van der Waals surface area contributed by atoms with E-state index in [1.165, 1.54) is 20.9 Å². The molecular weight excluding hydrogens is 197 g/mol. The third kappa shape index (κ3) is 3.43. The number of halogens is 3. The summed E-state index contributed by atoms with van der Waals surface area (Å²) in [6.07, 6.45) is -4.37. The Balaban J connectivity index is 4.67. The molecule has 3 atom stereocenters. The largest absolute Gasteiger partial charge is 0.405 e. The third-order valence-corrected chi connectivity index (χ3v) is 2.23. The first-order valence-electron chi connectivity index (χ1n) is 4.37. The van der Waals surface area contributed by atoms with Gasteiger partial charge in [0.1, 0.15) is 6.04 Å². The first kappa shape index (κ1) is 13.7. The number of nitrogens with zero attached hydrogens (tertiary/aromatic N) is 1. The van der Waals surface area contributed by atoms with Crippen LogP contribution in [-0.4, -0.2) is 48.0 Å². The minimum Gasteiger partial charge on any atom is -0.395 e. The highest BCUT2D eigenvalue weighted by atomic mass is 19.4. The Kier molecular flexibility index (Phi) is 4.83. The summed E-state index contributed by atoms with van der Waals surface area (Å²) in [4.78, 5) is 1.05. The van der Waals surface area contributed by atoms with E-state index in [9.17, 15) is 13.2 Å². The van der Waals surface area contributed by atoms with E-state index in [1.807, 2.05) is 0 Å². The maximum Gasteiger partial charge on any atom is 0.405 e. The van der Waals surface area contributed by atoms with E-state index in [0.29, 0.717) is 0 Å². The summed E-state index contributed by atoms with van der Waals surface area (Å²) in [5, 5.41) is 8.75. The fourth-order valence-corrected chi connectivity index (χ4v) is 1.30. The zero-order valence-electron chi connectivity index (χ0n) is 8.54. The molecule has 3 unspecified atom stereocenters. The van der Waals surface area contributed by atoms with Gasteiger partial charge in [0.2, 0.25) is 0 Å². The molecule has 0 aromatic rings. The Morgan fingerprint density at radius 3 is 2.00 bits per heavy atom. The number of hydrogen-bond donors (Lipinski definition) is 2. The van der Waals surface area contributed by atoms with Gasteiger partial charge in [-0.25, -0.2) is 0 Å². The molecular formula is C8H17F3N2O. The molecule has 3 N–H and O–H groups in total. The summed E-state index contributed by atoms with van der Waals surface area (Å²) in [5.74, 6) is 0. The van der Waals surface area contributed by atoms with Gasteiger partial charge in [0.25, 0.3) is 0 Å². The van der Waals surface area contributed by atoms with Crippen LogP contribution in [0.2, 0.25) is 0 Å². The number of likely N-dealkylation sites (N-methyl/N-ethyl adjacent to an activating group) is 1. The van der Waals surface area contributed by atoms with Crippen molar-refractivity contribution < 1.29 is 18.3 Å². The Hall–Kier alpha value is -0.330. The molecule has 0 bridgehead atoms. The standard InChI is InChI=1S/C8H17F3N2O/c1-5(4-14)13(3)7(6(2)12)8(9,10)11/h5-7,14H,4,12H2,1-3H3. The van der Waals surface area contributed by atoms with Crippen LogP contribution in [0.4, 0.5) is 13.2 Å². The topological polar surface area (TPSA) is 49.5 Å². The smallest absolute Gasteiger partial charge is 0.395 e. The highest BCUT2D eigenvalue weighted by Gasteiger charge is 2.45. The summed E-state index contributed by atoms with van der Waals surface area (Å²) < 4.78 is 37.5. The fourth-order valence-electron chi connectivity index (χ4n) is 1.30. The minimum atomic E-state index is -4.37. The third-order valence-electron chi connectivity index (χ3n) is 2.23. The second kappa shape index (κ2) is 4.95. The monoisotopic (exact) mass is 214 g/mol. The summed E-state index contributed by atoms with van der Waals surface area (Å²) in [7, 11) is 1.31. The van der Waals surface area contributed by atoms with Gasteiger partial charge < -0.3 is 10.8 Å². The Labute approximate surface area is 81.7 Å². The molecule has 3 nitrogen and oxygen atoms in total. The van der Waals surface area contributed by atoms with Gasteiger partial charge in [-0.3, -0.25) is 4.90 Å². The van der Waals surface area contributed by atoms with Crippen LogP contribution in [0.15, 0.2) is 0 Å². The predicted octanol–water partition coefficient (Wildman–Crippen LogP) is 0.577. The van der Waals surface area contributed by atoms with Gasteiger partial charge in [0, 0.05) is 12.1 Å². The Bertz CT molecular complexity index is 172. The molecule has 0 rings (SSSR count). The molecule has 6 heteroatoms. The lowest BCUT2D eigenvalue weighted by Crippen LogP contribution is -2.56. The molecule has 0 aromatic heterocycles. The van der Waals surface area contributed by atoms with Gasteiger partial charge in [0.15, 0.2) is 0 Å². The van der Waals surface area contributed by atoms with Crippen molar-refractivity contribution in [3.8, 4) is 0 Å². The quantitative estimate of drug-likeness (QED) is 0.719. The number of rotatable bonds is 4. The number of aliphatic hydroxyl groups is 1. The first-order chi connectivity index (χ1) is 6.21. The van der Waals surface area contributed by atoms with E-state index in [2.05, 4.69) is 0 Å². The van der Waals surface area contributed by atoms with Gasteiger partial charge in [-0.05, 0) is 20.9 Å². The summed E-state index contributed by atoms with van der Waals surface area (Å²) in [6, 6.07) is -3.30. The van der Waals surface area contributed by atoms with Crippen LogP contribution >= 0.6 is 0 Å². The summed E-state index contributed by atoms with van der Waals surface area (Å²) in [5.41, 5.74) is 5.27. The SMILES string of the molecule is CC(N)C(N(C)C(C)CO)C(F)(F)F. The second-order valence-electron chi connectivity index (χ2n) is 3.54. The normalized spacial score (nSPS) is 19.5. The molecule has 0 aromatic carbocycles. The van der Waals surface area contributed by atoms with Gasteiger partial charge in [-0.1, -0.05) is 0 Å². The number of aliphatic hydroxyl groups excluding tert-OH is 1. The molecule has 0 radical (unpaired) electrons. The summed E-state index contributed by atoms with van der Waals surface area (Å²) >= 11 is 0.